The lowest BCUT2D eigenvalue weighted by atomic mass is 10.0. The van der Waals surface area contributed by atoms with E-state index in [2.05, 4.69) is 15.1 Å². The molecule has 0 bridgehead atoms. The van der Waals surface area contributed by atoms with Crippen LogP contribution in [0.4, 0.5) is 5.69 Å². The van der Waals surface area contributed by atoms with E-state index in [0.29, 0.717) is 34.1 Å². The maximum Gasteiger partial charge on any atom is 0.264 e. The summed E-state index contributed by atoms with van der Waals surface area (Å²) in [6.07, 6.45) is -0.00197. The highest BCUT2D eigenvalue weighted by Crippen LogP contribution is 2.35. The Morgan fingerprint density at radius 1 is 0.938 bits per heavy atom. The number of aromatic nitrogens is 2. The molecule has 3 amide bonds. The van der Waals surface area contributed by atoms with E-state index in [9.17, 15) is 22.8 Å². The molecule has 1 aromatic heterocycles. The molecule has 12 nitrogen and oxygen atoms in total. The van der Waals surface area contributed by atoms with Gasteiger partial charge in [0.25, 0.3) is 10.0 Å². The van der Waals surface area contributed by atoms with Gasteiger partial charge >= 0.3 is 0 Å². The van der Waals surface area contributed by atoms with Gasteiger partial charge in [-0.15, -0.1) is 0 Å². The topological polar surface area (TPSA) is 149 Å². The molecular formula is C35H39N5O7S. The summed E-state index contributed by atoms with van der Waals surface area (Å²) >= 11 is 0. The first-order chi connectivity index (χ1) is 22.8. The summed E-state index contributed by atoms with van der Waals surface area (Å²) in [5, 5.41) is 7.51. The van der Waals surface area contributed by atoms with Gasteiger partial charge in [0.05, 0.1) is 17.0 Å². The van der Waals surface area contributed by atoms with Gasteiger partial charge in [0.1, 0.15) is 12.6 Å². The lowest BCUT2D eigenvalue weighted by molar-refractivity contribution is -0.127. The fourth-order valence-corrected chi connectivity index (χ4v) is 6.43. The molecule has 0 fully saturated rings. The molecule has 13 heteroatoms. The summed E-state index contributed by atoms with van der Waals surface area (Å²) in [7, 11) is -2.44. The fraction of sp³-hybridized carbons (Fsp3) is 0.314. The molecule has 0 radical (unpaired) electrons. The lowest BCUT2D eigenvalue weighted by Crippen LogP contribution is -2.49. The Morgan fingerprint density at radius 3 is 2.31 bits per heavy atom. The van der Waals surface area contributed by atoms with Crippen molar-refractivity contribution in [1.82, 2.24) is 19.8 Å². The number of rotatable bonds is 12. The van der Waals surface area contributed by atoms with Gasteiger partial charge in [0.2, 0.25) is 24.5 Å². The molecule has 4 aromatic rings. The Morgan fingerprint density at radius 2 is 1.62 bits per heavy atom. The van der Waals surface area contributed by atoms with Crippen molar-refractivity contribution in [3.8, 4) is 11.5 Å². The molecular weight excluding hydrogens is 634 g/mol. The Hall–Kier alpha value is -5.17. The molecule has 5 rings (SSSR count). The number of ether oxygens (including phenoxy) is 2. The van der Waals surface area contributed by atoms with Crippen LogP contribution >= 0.6 is 0 Å². The van der Waals surface area contributed by atoms with Crippen LogP contribution in [0.15, 0.2) is 77.7 Å². The maximum atomic E-state index is 13.8. The van der Waals surface area contributed by atoms with Crippen molar-refractivity contribution in [2.24, 2.45) is 0 Å². The highest BCUT2D eigenvalue weighted by atomic mass is 32.2. The van der Waals surface area contributed by atoms with Crippen LogP contribution < -0.4 is 24.4 Å². The summed E-state index contributed by atoms with van der Waals surface area (Å²) in [5.74, 6) is -0.505. The van der Waals surface area contributed by atoms with Gasteiger partial charge in [-0.1, -0.05) is 61.9 Å². The number of hydrogen-bond acceptors (Lipinski definition) is 8. The number of nitrogens with one attached hydrogen (secondary N) is 2. The number of benzene rings is 3. The van der Waals surface area contributed by atoms with Crippen LogP contribution in [0.5, 0.6) is 11.5 Å². The van der Waals surface area contributed by atoms with Crippen LogP contribution in [0.3, 0.4) is 0 Å². The molecule has 0 aliphatic carbocycles. The van der Waals surface area contributed by atoms with Crippen molar-refractivity contribution < 1.29 is 32.3 Å². The molecule has 0 unspecified atom stereocenters. The Kier molecular flexibility index (Phi) is 10.2. The second kappa shape index (κ2) is 14.3. The third kappa shape index (κ3) is 7.85. The average Bonchev–Trinajstić information content (AvgIpc) is 3.64. The molecule has 1 atom stereocenters. The molecule has 0 saturated heterocycles. The Bertz CT molecular complexity index is 1920. The first kappa shape index (κ1) is 34.2. The summed E-state index contributed by atoms with van der Waals surface area (Å²) < 4.78 is 40.1. The second-order valence-corrected chi connectivity index (χ2v) is 13.7. The van der Waals surface area contributed by atoms with E-state index in [1.807, 2.05) is 51.1 Å². The third-order valence-corrected chi connectivity index (χ3v) is 9.50. The first-order valence-corrected chi connectivity index (χ1v) is 17.0. The highest BCUT2D eigenvalue weighted by molar-refractivity contribution is 7.90. The van der Waals surface area contributed by atoms with Gasteiger partial charge in [-0.2, -0.15) is 5.10 Å². The van der Waals surface area contributed by atoms with Gasteiger partial charge in [-0.25, -0.2) is 13.1 Å². The van der Waals surface area contributed by atoms with Crippen LogP contribution in [0.2, 0.25) is 0 Å². The maximum absolute atomic E-state index is 13.8. The molecule has 252 valence electrons. The van der Waals surface area contributed by atoms with Crippen molar-refractivity contribution in [1.29, 1.82) is 0 Å². The van der Waals surface area contributed by atoms with E-state index in [1.165, 1.54) is 21.7 Å². The smallest absolute Gasteiger partial charge is 0.264 e. The Labute approximate surface area is 280 Å². The summed E-state index contributed by atoms with van der Waals surface area (Å²) in [6, 6.07) is 19.8. The van der Waals surface area contributed by atoms with E-state index in [0.717, 1.165) is 11.1 Å². The van der Waals surface area contributed by atoms with Crippen molar-refractivity contribution in [2.75, 3.05) is 18.7 Å². The lowest BCUT2D eigenvalue weighted by Gasteiger charge is -2.25. The van der Waals surface area contributed by atoms with Crippen LogP contribution in [0, 0.1) is 13.8 Å². The van der Waals surface area contributed by atoms with Crippen LogP contribution in [0.25, 0.3) is 0 Å². The second-order valence-electron chi connectivity index (χ2n) is 12.0. The van der Waals surface area contributed by atoms with Crippen LogP contribution in [-0.2, 0) is 43.8 Å². The first-order valence-electron chi connectivity index (χ1n) is 15.5. The van der Waals surface area contributed by atoms with Crippen molar-refractivity contribution >= 4 is 33.4 Å². The van der Waals surface area contributed by atoms with Gasteiger partial charge in [0.15, 0.2) is 11.5 Å². The number of hydrogen-bond donors (Lipinski definition) is 2. The summed E-state index contributed by atoms with van der Waals surface area (Å²) in [5.41, 5.74) is 3.98. The predicted molar refractivity (Wildman–Crippen MR) is 179 cm³/mol. The minimum Gasteiger partial charge on any atom is -0.454 e. The standard InChI is InChI=1S/C35H39N5O7S/c1-22(2)34-28(19-32(41)38-48(44,45)27-14-11-23(3)12-15-27)24(4)40(37-34)20-33(42)36-29(17-25-9-7-6-8-10-25)35(43)39(5)26-13-16-30-31(18-26)47-21-46-30/h6-16,18,22,29H,17,19-21H2,1-5H3,(H,36,42)(H,38,41)/t29-/m0/s1. The van der Waals surface area contributed by atoms with Gasteiger partial charge in [-0.3, -0.25) is 19.1 Å². The molecule has 2 N–H and O–H groups in total. The number of likely N-dealkylation sites (N-methyl/N-ethyl adjacent to an activating group) is 1. The van der Waals surface area contributed by atoms with E-state index in [4.69, 9.17) is 9.47 Å². The zero-order valence-electron chi connectivity index (χ0n) is 27.5. The number of aryl methyl sites for hydroxylation is 1. The van der Waals surface area contributed by atoms with E-state index >= 15 is 0 Å². The van der Waals surface area contributed by atoms with Gasteiger partial charge < -0.3 is 19.7 Å². The van der Waals surface area contributed by atoms with Crippen LogP contribution in [0.1, 0.15) is 47.8 Å². The van der Waals surface area contributed by atoms with Crippen molar-refractivity contribution in [3.05, 3.63) is 101 Å². The highest BCUT2D eigenvalue weighted by Gasteiger charge is 2.28. The predicted octanol–water partition coefficient (Wildman–Crippen LogP) is 3.79. The summed E-state index contributed by atoms with van der Waals surface area (Å²) in [4.78, 5) is 41.8. The third-order valence-electron chi connectivity index (χ3n) is 8.11. The average molecular weight is 674 g/mol. The van der Waals surface area contributed by atoms with Gasteiger partial charge in [0, 0.05) is 36.5 Å². The number of carbonyl (C=O) groups excluding carboxylic acids is 3. The number of sulfonamides is 1. The quantitative estimate of drug-likeness (QED) is 0.231. The SMILES string of the molecule is Cc1ccc(S(=O)(=O)NC(=O)Cc2c(C(C)C)nn(CC(=O)N[C@@H](Cc3ccccc3)C(=O)N(C)c3ccc4c(c3)OCO4)c2C)cc1. The minimum absolute atomic E-state index is 0.0154. The van der Waals surface area contributed by atoms with E-state index in [1.54, 1.807) is 44.3 Å². The number of fused-ring (bicyclic) bond motifs is 1. The summed E-state index contributed by atoms with van der Waals surface area (Å²) in [6.45, 7) is 7.25. The number of amides is 3. The molecule has 0 saturated carbocycles. The zero-order valence-corrected chi connectivity index (χ0v) is 28.3. The zero-order chi connectivity index (χ0) is 34.6. The van der Waals surface area contributed by atoms with Crippen molar-refractivity contribution in [3.63, 3.8) is 0 Å². The monoisotopic (exact) mass is 673 g/mol. The van der Waals surface area contributed by atoms with Crippen molar-refractivity contribution in [2.45, 2.75) is 63.9 Å². The van der Waals surface area contributed by atoms with E-state index in [-0.39, 0.29) is 42.9 Å². The van der Waals surface area contributed by atoms with E-state index < -0.39 is 27.9 Å². The number of carbonyl (C=O) groups is 3. The number of anilines is 1. The number of nitrogens with zero attached hydrogens (tertiary/aromatic N) is 3. The minimum atomic E-state index is -4.07. The molecule has 48 heavy (non-hydrogen) atoms. The molecule has 1 aliphatic heterocycles. The molecule has 0 spiro atoms. The molecule has 1 aliphatic rings. The van der Waals surface area contributed by atoms with Gasteiger partial charge in [-0.05, 0) is 49.6 Å². The normalized spacial score (nSPS) is 12.9. The molecule has 2 heterocycles. The molecule has 3 aromatic carbocycles. The Balaban J connectivity index is 1.33. The largest absolute Gasteiger partial charge is 0.454 e. The van der Waals surface area contributed by atoms with Crippen LogP contribution in [-0.4, -0.2) is 55.8 Å². The fourth-order valence-electron chi connectivity index (χ4n) is 5.45.